The summed E-state index contributed by atoms with van der Waals surface area (Å²) in [5.41, 5.74) is 2.79. The Morgan fingerprint density at radius 1 is 1.19 bits per heavy atom. The maximum Gasteiger partial charge on any atom is 0.224 e. The van der Waals surface area contributed by atoms with Gasteiger partial charge in [0.2, 0.25) is 15.9 Å². The highest BCUT2D eigenvalue weighted by Gasteiger charge is 2.32. The summed E-state index contributed by atoms with van der Waals surface area (Å²) in [6, 6.07) is 10.7. The van der Waals surface area contributed by atoms with Gasteiger partial charge in [-0.25, -0.2) is 12.7 Å². The lowest BCUT2D eigenvalue weighted by Gasteiger charge is -2.31. The number of carbonyl (C=O) groups is 1. The predicted octanol–water partition coefficient (Wildman–Crippen LogP) is 4.35. The fraction of sp³-hybridized carbons (Fsp3) is 0.435. The van der Waals surface area contributed by atoms with E-state index in [4.69, 9.17) is 27.9 Å². The standard InChI is InChI=1S/C23H28Cl2N2O4S/c1-16-5-3-7-22(17(16)2)31-12-10-26-23(28)19-6-4-11-27(14-19)32(29,30)15-18-8-9-20(24)21(25)13-18/h3,5,7-9,13,19H,4,6,10-12,14-15H2,1-2H3,(H,26,28)/t19-/m0/s1. The highest BCUT2D eigenvalue weighted by molar-refractivity contribution is 7.88. The molecular formula is C23H28Cl2N2O4S. The van der Waals surface area contributed by atoms with Crippen molar-refractivity contribution in [1.82, 2.24) is 9.62 Å². The van der Waals surface area contributed by atoms with E-state index >= 15 is 0 Å². The average Bonchev–Trinajstić information content (AvgIpc) is 2.76. The van der Waals surface area contributed by atoms with E-state index in [1.165, 1.54) is 4.31 Å². The summed E-state index contributed by atoms with van der Waals surface area (Å²) >= 11 is 11.9. The molecule has 0 bridgehead atoms. The van der Waals surface area contributed by atoms with Crippen molar-refractivity contribution < 1.29 is 17.9 Å². The third kappa shape index (κ3) is 6.38. The molecule has 1 aliphatic rings. The molecule has 1 amide bonds. The Morgan fingerprint density at radius 3 is 2.72 bits per heavy atom. The van der Waals surface area contributed by atoms with Crippen LogP contribution >= 0.6 is 23.2 Å². The van der Waals surface area contributed by atoms with Crippen LogP contribution in [0.4, 0.5) is 0 Å². The lowest BCUT2D eigenvalue weighted by Crippen LogP contribution is -2.46. The van der Waals surface area contributed by atoms with Crippen molar-refractivity contribution in [2.45, 2.75) is 32.4 Å². The van der Waals surface area contributed by atoms with E-state index < -0.39 is 10.0 Å². The predicted molar refractivity (Wildman–Crippen MR) is 128 cm³/mol. The highest BCUT2D eigenvalue weighted by atomic mass is 35.5. The largest absolute Gasteiger partial charge is 0.491 e. The molecule has 174 valence electrons. The van der Waals surface area contributed by atoms with Crippen molar-refractivity contribution in [1.29, 1.82) is 0 Å². The minimum Gasteiger partial charge on any atom is -0.491 e. The van der Waals surface area contributed by atoms with Gasteiger partial charge in [0.1, 0.15) is 12.4 Å². The van der Waals surface area contributed by atoms with E-state index in [1.54, 1.807) is 18.2 Å². The molecule has 0 aliphatic carbocycles. The van der Waals surface area contributed by atoms with Crippen LogP contribution in [0.25, 0.3) is 0 Å². The third-order valence-corrected chi connectivity index (χ3v) is 8.25. The van der Waals surface area contributed by atoms with Gasteiger partial charge < -0.3 is 10.1 Å². The van der Waals surface area contributed by atoms with Gasteiger partial charge in [0, 0.05) is 13.1 Å². The van der Waals surface area contributed by atoms with Crippen LogP contribution in [-0.4, -0.2) is 44.9 Å². The van der Waals surface area contributed by atoms with Crippen molar-refractivity contribution in [3.8, 4) is 5.75 Å². The van der Waals surface area contributed by atoms with Crippen LogP contribution in [0.3, 0.4) is 0 Å². The second-order valence-electron chi connectivity index (χ2n) is 8.04. The number of benzene rings is 2. The Hall–Kier alpha value is -1.80. The molecule has 1 heterocycles. The molecule has 1 aliphatic heterocycles. The first kappa shape index (κ1) is 24.8. The number of rotatable bonds is 8. The number of amides is 1. The summed E-state index contributed by atoms with van der Waals surface area (Å²) in [4.78, 5) is 12.6. The molecule has 9 heteroatoms. The number of sulfonamides is 1. The monoisotopic (exact) mass is 498 g/mol. The van der Waals surface area contributed by atoms with Crippen molar-refractivity contribution in [2.24, 2.45) is 5.92 Å². The number of carbonyl (C=O) groups excluding carboxylic acids is 1. The number of hydrogen-bond donors (Lipinski definition) is 1. The molecule has 3 rings (SSSR count). The fourth-order valence-electron chi connectivity index (χ4n) is 3.70. The summed E-state index contributed by atoms with van der Waals surface area (Å²) < 4.78 is 33.0. The maximum absolute atomic E-state index is 12.9. The molecule has 2 aromatic carbocycles. The van der Waals surface area contributed by atoms with E-state index in [2.05, 4.69) is 5.32 Å². The van der Waals surface area contributed by atoms with Gasteiger partial charge in [-0.15, -0.1) is 0 Å². The van der Waals surface area contributed by atoms with Gasteiger partial charge in [-0.3, -0.25) is 4.79 Å². The first-order valence-electron chi connectivity index (χ1n) is 10.6. The smallest absolute Gasteiger partial charge is 0.224 e. The number of nitrogens with one attached hydrogen (secondary N) is 1. The lowest BCUT2D eigenvalue weighted by molar-refractivity contribution is -0.126. The zero-order valence-corrected chi connectivity index (χ0v) is 20.6. The number of aryl methyl sites for hydroxylation is 1. The number of piperidine rings is 1. The van der Waals surface area contributed by atoms with Crippen LogP contribution in [0.2, 0.25) is 10.0 Å². The van der Waals surface area contributed by atoms with Gasteiger partial charge in [-0.1, -0.05) is 41.4 Å². The van der Waals surface area contributed by atoms with Crippen LogP contribution in [0, 0.1) is 19.8 Å². The molecule has 1 atom stereocenters. The van der Waals surface area contributed by atoms with Crippen LogP contribution in [0.15, 0.2) is 36.4 Å². The van der Waals surface area contributed by atoms with Crippen molar-refractivity contribution >= 4 is 39.1 Å². The Labute approximate surface area is 199 Å². The summed E-state index contributed by atoms with van der Waals surface area (Å²) in [6.07, 6.45) is 1.29. The average molecular weight is 499 g/mol. The van der Waals surface area contributed by atoms with Crippen molar-refractivity contribution in [2.75, 3.05) is 26.2 Å². The van der Waals surface area contributed by atoms with Crippen LogP contribution < -0.4 is 10.1 Å². The van der Waals surface area contributed by atoms with Gasteiger partial charge >= 0.3 is 0 Å². The summed E-state index contributed by atoms with van der Waals surface area (Å²) in [6.45, 7) is 5.31. The van der Waals surface area contributed by atoms with E-state index in [1.807, 2.05) is 32.0 Å². The van der Waals surface area contributed by atoms with Gasteiger partial charge in [-0.2, -0.15) is 0 Å². The number of halogens is 2. The van der Waals surface area contributed by atoms with E-state index in [9.17, 15) is 13.2 Å². The summed E-state index contributed by atoms with van der Waals surface area (Å²) in [5, 5.41) is 3.57. The minimum atomic E-state index is -3.58. The first-order valence-corrected chi connectivity index (χ1v) is 12.9. The zero-order chi connectivity index (χ0) is 23.3. The van der Waals surface area contributed by atoms with E-state index in [-0.39, 0.29) is 24.1 Å². The normalized spacial score (nSPS) is 17.2. The second kappa shape index (κ2) is 10.9. The summed E-state index contributed by atoms with van der Waals surface area (Å²) in [7, 11) is -3.58. The molecule has 32 heavy (non-hydrogen) atoms. The van der Waals surface area contributed by atoms with Crippen LogP contribution in [-0.2, 0) is 20.6 Å². The van der Waals surface area contributed by atoms with Gasteiger partial charge in [0.05, 0.1) is 28.3 Å². The van der Waals surface area contributed by atoms with Gasteiger partial charge in [-0.05, 0) is 61.6 Å². The fourth-order valence-corrected chi connectivity index (χ4v) is 5.62. The van der Waals surface area contributed by atoms with Crippen molar-refractivity contribution in [3.63, 3.8) is 0 Å². The van der Waals surface area contributed by atoms with Gasteiger partial charge in [0.15, 0.2) is 0 Å². The van der Waals surface area contributed by atoms with Gasteiger partial charge in [0.25, 0.3) is 0 Å². The highest BCUT2D eigenvalue weighted by Crippen LogP contribution is 2.26. The Bertz CT molecular complexity index is 1080. The quantitative estimate of drug-likeness (QED) is 0.549. The molecule has 1 saturated heterocycles. The van der Waals surface area contributed by atoms with E-state index in [0.717, 1.165) is 16.9 Å². The molecular weight excluding hydrogens is 471 g/mol. The molecule has 0 aromatic heterocycles. The maximum atomic E-state index is 12.9. The lowest BCUT2D eigenvalue weighted by atomic mass is 9.99. The van der Waals surface area contributed by atoms with Crippen LogP contribution in [0.5, 0.6) is 5.75 Å². The molecule has 0 saturated carbocycles. The Kier molecular flexibility index (Phi) is 8.44. The topological polar surface area (TPSA) is 75.7 Å². The third-order valence-electron chi connectivity index (χ3n) is 5.70. The van der Waals surface area contributed by atoms with E-state index in [0.29, 0.717) is 48.1 Å². The minimum absolute atomic E-state index is 0.149. The number of nitrogens with zero attached hydrogens (tertiary/aromatic N) is 1. The molecule has 1 N–H and O–H groups in total. The first-order chi connectivity index (χ1) is 15.2. The Morgan fingerprint density at radius 2 is 1.97 bits per heavy atom. The molecule has 0 radical (unpaired) electrons. The number of hydrogen-bond acceptors (Lipinski definition) is 4. The van der Waals surface area contributed by atoms with Crippen LogP contribution in [0.1, 0.15) is 29.5 Å². The SMILES string of the molecule is Cc1cccc(OCCNC(=O)[C@H]2CCCN(S(=O)(=O)Cc3ccc(Cl)c(Cl)c3)C2)c1C. The molecule has 2 aromatic rings. The second-order valence-corrected chi connectivity index (χ2v) is 10.8. The molecule has 1 fully saturated rings. The van der Waals surface area contributed by atoms with Crippen molar-refractivity contribution in [3.05, 3.63) is 63.1 Å². The molecule has 0 spiro atoms. The zero-order valence-electron chi connectivity index (χ0n) is 18.2. The number of ether oxygens (including phenoxy) is 1. The summed E-state index contributed by atoms with van der Waals surface area (Å²) in [5.74, 6) is 0.0931. The Balaban J connectivity index is 1.51. The molecule has 6 nitrogen and oxygen atoms in total. The molecule has 0 unspecified atom stereocenters.